The van der Waals surface area contributed by atoms with E-state index in [1.54, 1.807) is 12.1 Å². The van der Waals surface area contributed by atoms with Gasteiger partial charge in [-0.05, 0) is 19.1 Å². The third-order valence-corrected chi connectivity index (χ3v) is 3.69. The van der Waals surface area contributed by atoms with Crippen LogP contribution in [0.3, 0.4) is 0 Å². The van der Waals surface area contributed by atoms with Crippen molar-refractivity contribution in [3.05, 3.63) is 52.0 Å². The van der Waals surface area contributed by atoms with Crippen LogP contribution in [0.2, 0.25) is 10.0 Å². The van der Waals surface area contributed by atoms with Crippen LogP contribution in [-0.2, 0) is 0 Å². The molecular formula is C15H11Cl2N3O. The normalized spacial score (nSPS) is 10.8. The van der Waals surface area contributed by atoms with E-state index in [1.165, 1.54) is 5.56 Å². The number of halogens is 2. The van der Waals surface area contributed by atoms with Crippen LogP contribution in [0.5, 0.6) is 0 Å². The second-order valence-electron chi connectivity index (χ2n) is 4.64. The number of aromatic nitrogens is 2. The van der Waals surface area contributed by atoms with E-state index in [9.17, 15) is 0 Å². The van der Waals surface area contributed by atoms with Gasteiger partial charge in [-0.3, -0.25) is 0 Å². The van der Waals surface area contributed by atoms with Gasteiger partial charge >= 0.3 is 0 Å². The van der Waals surface area contributed by atoms with Crippen LogP contribution in [0.1, 0.15) is 5.56 Å². The van der Waals surface area contributed by atoms with E-state index in [4.69, 9.17) is 33.5 Å². The number of nitrogen functional groups attached to an aromatic ring is 1. The first kappa shape index (κ1) is 13.9. The zero-order valence-electron chi connectivity index (χ0n) is 11.1. The van der Waals surface area contributed by atoms with Gasteiger partial charge in [-0.2, -0.15) is 4.98 Å². The van der Waals surface area contributed by atoms with Gasteiger partial charge in [0.05, 0.1) is 15.7 Å². The van der Waals surface area contributed by atoms with E-state index in [1.807, 2.05) is 31.2 Å². The molecule has 6 heteroatoms. The number of nitrogens with zero attached hydrogens (tertiary/aromatic N) is 2. The lowest BCUT2D eigenvalue weighted by Crippen LogP contribution is -1.89. The minimum atomic E-state index is 0.334. The molecule has 1 aromatic heterocycles. The van der Waals surface area contributed by atoms with Crippen molar-refractivity contribution in [1.82, 2.24) is 10.1 Å². The van der Waals surface area contributed by atoms with Gasteiger partial charge in [0.25, 0.3) is 5.89 Å². The third kappa shape index (κ3) is 2.73. The van der Waals surface area contributed by atoms with Gasteiger partial charge in [-0.25, -0.2) is 0 Å². The van der Waals surface area contributed by atoms with Gasteiger partial charge in [0.15, 0.2) is 0 Å². The summed E-state index contributed by atoms with van der Waals surface area (Å²) in [4.78, 5) is 4.36. The Labute approximate surface area is 131 Å². The van der Waals surface area contributed by atoms with Crippen LogP contribution in [0.4, 0.5) is 5.69 Å². The molecule has 4 nitrogen and oxygen atoms in total. The molecule has 0 spiro atoms. The van der Waals surface area contributed by atoms with E-state index < -0.39 is 0 Å². The van der Waals surface area contributed by atoms with Crippen molar-refractivity contribution in [2.24, 2.45) is 0 Å². The van der Waals surface area contributed by atoms with Gasteiger partial charge in [0.2, 0.25) is 5.82 Å². The first-order chi connectivity index (χ1) is 10.0. The van der Waals surface area contributed by atoms with Crippen molar-refractivity contribution < 1.29 is 4.52 Å². The predicted octanol–water partition coefficient (Wildman–Crippen LogP) is 4.60. The Morgan fingerprint density at radius 2 is 1.62 bits per heavy atom. The fourth-order valence-electron chi connectivity index (χ4n) is 1.87. The molecular weight excluding hydrogens is 309 g/mol. The molecule has 21 heavy (non-hydrogen) atoms. The van der Waals surface area contributed by atoms with Crippen molar-refractivity contribution in [3.8, 4) is 22.8 Å². The average Bonchev–Trinajstić information content (AvgIpc) is 2.95. The van der Waals surface area contributed by atoms with Gasteiger partial charge in [0.1, 0.15) is 0 Å². The number of aryl methyl sites for hydroxylation is 1. The number of rotatable bonds is 2. The smallest absolute Gasteiger partial charge is 0.258 e. The van der Waals surface area contributed by atoms with E-state index in [2.05, 4.69) is 10.1 Å². The largest absolute Gasteiger partial charge is 0.396 e. The highest BCUT2D eigenvalue weighted by molar-refractivity contribution is 6.39. The Kier molecular flexibility index (Phi) is 3.57. The summed E-state index contributed by atoms with van der Waals surface area (Å²) >= 11 is 12.0. The second-order valence-corrected chi connectivity index (χ2v) is 5.46. The van der Waals surface area contributed by atoms with Gasteiger partial charge < -0.3 is 10.3 Å². The van der Waals surface area contributed by atoms with Crippen molar-refractivity contribution in [3.63, 3.8) is 0 Å². The highest BCUT2D eigenvalue weighted by atomic mass is 35.5. The quantitative estimate of drug-likeness (QED) is 0.701. The molecule has 0 bridgehead atoms. The summed E-state index contributed by atoms with van der Waals surface area (Å²) in [5, 5.41) is 4.68. The molecule has 0 unspecified atom stereocenters. The Hall–Kier alpha value is -2.04. The summed E-state index contributed by atoms with van der Waals surface area (Å²) in [6.45, 7) is 2.02. The lowest BCUT2D eigenvalue weighted by Gasteiger charge is -2.02. The van der Waals surface area contributed by atoms with E-state index in [0.717, 1.165) is 5.56 Å². The molecule has 0 aliphatic rings. The first-order valence-electron chi connectivity index (χ1n) is 6.20. The van der Waals surface area contributed by atoms with Crippen molar-refractivity contribution in [2.45, 2.75) is 6.92 Å². The molecule has 2 aromatic carbocycles. The summed E-state index contributed by atoms with van der Waals surface area (Å²) in [5.41, 5.74) is 8.72. The number of benzene rings is 2. The molecule has 0 saturated carbocycles. The zero-order chi connectivity index (χ0) is 15.0. The van der Waals surface area contributed by atoms with Crippen LogP contribution in [0.25, 0.3) is 22.8 Å². The SMILES string of the molecule is Cc1ccc(-c2noc(-c3cc(Cl)c(N)c(Cl)c3)n2)cc1. The molecule has 0 atom stereocenters. The molecule has 2 N–H and O–H groups in total. The topological polar surface area (TPSA) is 64.9 Å². The fourth-order valence-corrected chi connectivity index (χ4v) is 2.36. The maximum absolute atomic E-state index is 6.01. The van der Waals surface area contributed by atoms with Gasteiger partial charge in [-0.1, -0.05) is 58.2 Å². The lowest BCUT2D eigenvalue weighted by molar-refractivity contribution is 0.432. The van der Waals surface area contributed by atoms with E-state index in [-0.39, 0.29) is 0 Å². The van der Waals surface area contributed by atoms with E-state index in [0.29, 0.717) is 33.0 Å². The first-order valence-corrected chi connectivity index (χ1v) is 6.96. The Morgan fingerprint density at radius 1 is 1.00 bits per heavy atom. The van der Waals surface area contributed by atoms with Gasteiger partial charge in [0, 0.05) is 11.1 Å². The highest BCUT2D eigenvalue weighted by Crippen LogP contribution is 2.33. The zero-order valence-corrected chi connectivity index (χ0v) is 12.6. The molecule has 0 aliphatic carbocycles. The molecule has 0 saturated heterocycles. The summed E-state index contributed by atoms with van der Waals surface area (Å²) < 4.78 is 5.27. The molecule has 1 heterocycles. The Balaban J connectivity index is 2.00. The van der Waals surface area contributed by atoms with Crippen LogP contribution >= 0.6 is 23.2 Å². The summed E-state index contributed by atoms with van der Waals surface area (Å²) in [7, 11) is 0. The molecule has 3 rings (SSSR count). The number of anilines is 1. The second kappa shape index (κ2) is 5.39. The number of hydrogen-bond donors (Lipinski definition) is 1. The monoisotopic (exact) mass is 319 g/mol. The van der Waals surface area contributed by atoms with E-state index >= 15 is 0 Å². The van der Waals surface area contributed by atoms with Crippen molar-refractivity contribution in [2.75, 3.05) is 5.73 Å². The van der Waals surface area contributed by atoms with Crippen molar-refractivity contribution >= 4 is 28.9 Å². The fraction of sp³-hybridized carbons (Fsp3) is 0.0667. The molecule has 0 fully saturated rings. The molecule has 0 aliphatic heterocycles. The molecule has 3 aromatic rings. The Morgan fingerprint density at radius 3 is 2.24 bits per heavy atom. The maximum Gasteiger partial charge on any atom is 0.258 e. The van der Waals surface area contributed by atoms with Crippen LogP contribution in [0.15, 0.2) is 40.9 Å². The predicted molar refractivity (Wildman–Crippen MR) is 84.3 cm³/mol. The van der Waals surface area contributed by atoms with Crippen LogP contribution in [-0.4, -0.2) is 10.1 Å². The number of hydrogen-bond acceptors (Lipinski definition) is 4. The average molecular weight is 320 g/mol. The highest BCUT2D eigenvalue weighted by Gasteiger charge is 2.13. The molecule has 0 amide bonds. The standard InChI is InChI=1S/C15H11Cl2N3O/c1-8-2-4-9(5-3-8)14-19-15(21-20-14)10-6-11(16)13(18)12(17)7-10/h2-7H,18H2,1H3. The minimum Gasteiger partial charge on any atom is -0.396 e. The third-order valence-electron chi connectivity index (χ3n) is 3.06. The number of nitrogens with two attached hydrogens (primary N) is 1. The van der Waals surface area contributed by atoms with Crippen molar-refractivity contribution in [1.29, 1.82) is 0 Å². The molecule has 0 radical (unpaired) electrons. The van der Waals surface area contributed by atoms with Gasteiger partial charge in [-0.15, -0.1) is 0 Å². The maximum atomic E-state index is 6.01. The Bertz CT molecular complexity index is 774. The lowest BCUT2D eigenvalue weighted by atomic mass is 10.1. The van der Waals surface area contributed by atoms with Crippen LogP contribution in [0, 0.1) is 6.92 Å². The summed E-state index contributed by atoms with van der Waals surface area (Å²) in [6, 6.07) is 11.1. The molecule has 106 valence electrons. The minimum absolute atomic E-state index is 0.334. The van der Waals surface area contributed by atoms with Crippen LogP contribution < -0.4 is 5.73 Å². The summed E-state index contributed by atoms with van der Waals surface area (Å²) in [6.07, 6.45) is 0. The summed E-state index contributed by atoms with van der Waals surface area (Å²) in [5.74, 6) is 0.850.